The van der Waals surface area contributed by atoms with Crippen LogP contribution in [0.1, 0.15) is 30.1 Å². The summed E-state index contributed by atoms with van der Waals surface area (Å²) in [5.74, 6) is 0.450. The quantitative estimate of drug-likeness (QED) is 0.864. The number of unbranched alkanes of at least 4 members (excludes halogenated alkanes) is 1. The highest BCUT2D eigenvalue weighted by atomic mass is 16.5. The highest BCUT2D eigenvalue weighted by molar-refractivity contribution is 5.94. The lowest BCUT2D eigenvalue weighted by Crippen LogP contribution is -2.33. The van der Waals surface area contributed by atoms with E-state index in [1.807, 2.05) is 12.1 Å². The Balaban J connectivity index is 2.27. The minimum atomic E-state index is -0.395. The topological polar surface area (TPSA) is 55.6 Å². The fourth-order valence-corrected chi connectivity index (χ4v) is 2.01. The number of ether oxygens (including phenoxy) is 1. The minimum absolute atomic E-state index is 0.395. The van der Waals surface area contributed by atoms with E-state index in [0.717, 1.165) is 37.4 Å². The van der Waals surface area contributed by atoms with Crippen LogP contribution in [0, 0.1) is 0 Å². The molecule has 0 aliphatic carbocycles. The number of benzene rings is 1. The smallest absolute Gasteiger partial charge is 0.248 e. The zero-order valence-electron chi connectivity index (χ0n) is 10.1. The molecule has 1 aliphatic heterocycles. The van der Waals surface area contributed by atoms with E-state index in [-0.39, 0.29) is 0 Å². The van der Waals surface area contributed by atoms with Crippen LogP contribution in [0.4, 0.5) is 5.69 Å². The number of amides is 1. The van der Waals surface area contributed by atoms with Crippen LogP contribution >= 0.6 is 0 Å². The first-order valence-electron chi connectivity index (χ1n) is 6.04. The van der Waals surface area contributed by atoms with Crippen LogP contribution in [-0.2, 0) is 0 Å². The normalized spacial score (nSPS) is 14.1. The first kappa shape index (κ1) is 11.8. The Morgan fingerprint density at radius 1 is 1.53 bits per heavy atom. The monoisotopic (exact) mass is 234 g/mol. The van der Waals surface area contributed by atoms with Crippen LogP contribution in [0.5, 0.6) is 5.75 Å². The van der Waals surface area contributed by atoms with Gasteiger partial charge in [0.15, 0.2) is 0 Å². The number of hydrogen-bond donors (Lipinski definition) is 1. The molecule has 0 atom stereocenters. The number of nitrogens with zero attached hydrogens (tertiary/aromatic N) is 1. The lowest BCUT2D eigenvalue weighted by molar-refractivity contribution is 0.1000. The second kappa shape index (κ2) is 5.08. The molecule has 0 bridgehead atoms. The molecule has 4 nitrogen and oxygen atoms in total. The van der Waals surface area contributed by atoms with E-state index >= 15 is 0 Å². The van der Waals surface area contributed by atoms with Gasteiger partial charge in [-0.2, -0.15) is 0 Å². The molecule has 0 fully saturated rings. The molecule has 0 unspecified atom stereocenters. The van der Waals surface area contributed by atoms with E-state index < -0.39 is 5.91 Å². The summed E-state index contributed by atoms with van der Waals surface area (Å²) in [6, 6.07) is 5.37. The Morgan fingerprint density at radius 2 is 2.35 bits per heavy atom. The van der Waals surface area contributed by atoms with Crippen molar-refractivity contribution in [1.29, 1.82) is 0 Å². The summed E-state index contributed by atoms with van der Waals surface area (Å²) in [6.45, 7) is 4.73. The molecule has 1 aromatic carbocycles. The van der Waals surface area contributed by atoms with Crippen molar-refractivity contribution in [2.75, 3.05) is 24.6 Å². The fourth-order valence-electron chi connectivity index (χ4n) is 2.01. The largest absolute Gasteiger partial charge is 0.490 e. The molecule has 0 radical (unpaired) electrons. The Labute approximate surface area is 101 Å². The molecule has 1 heterocycles. The van der Waals surface area contributed by atoms with Crippen LogP contribution in [0.15, 0.2) is 18.2 Å². The molecule has 0 aromatic heterocycles. The van der Waals surface area contributed by atoms with Crippen molar-refractivity contribution in [2.45, 2.75) is 19.8 Å². The third-order valence-electron chi connectivity index (χ3n) is 2.98. The highest BCUT2D eigenvalue weighted by Gasteiger charge is 2.18. The first-order valence-corrected chi connectivity index (χ1v) is 6.04. The first-order chi connectivity index (χ1) is 8.22. The standard InChI is InChI=1S/C13H18N2O2/c1-2-3-6-15-7-8-17-12-5-4-10(13(14)16)9-11(12)15/h4-5,9H,2-3,6-8H2,1H3,(H2,14,16). The predicted molar refractivity (Wildman–Crippen MR) is 67.6 cm³/mol. The lowest BCUT2D eigenvalue weighted by atomic mass is 10.1. The van der Waals surface area contributed by atoms with E-state index in [2.05, 4.69) is 11.8 Å². The van der Waals surface area contributed by atoms with Crippen LogP contribution in [0.25, 0.3) is 0 Å². The molecule has 1 aliphatic rings. The van der Waals surface area contributed by atoms with Crippen LogP contribution in [0.2, 0.25) is 0 Å². The number of carbonyl (C=O) groups is 1. The second-order valence-corrected chi connectivity index (χ2v) is 4.24. The Kier molecular flexibility index (Phi) is 3.52. The number of nitrogens with two attached hydrogens (primary N) is 1. The summed E-state index contributed by atoms with van der Waals surface area (Å²) in [7, 11) is 0. The number of hydrogen-bond acceptors (Lipinski definition) is 3. The number of rotatable bonds is 4. The van der Waals surface area contributed by atoms with Gasteiger partial charge in [0.2, 0.25) is 5.91 Å². The molecular formula is C13H18N2O2. The van der Waals surface area contributed by atoms with E-state index in [4.69, 9.17) is 10.5 Å². The summed E-state index contributed by atoms with van der Waals surface area (Å²) in [6.07, 6.45) is 2.29. The van der Waals surface area contributed by atoms with Crippen LogP contribution < -0.4 is 15.4 Å². The maximum absolute atomic E-state index is 11.2. The van der Waals surface area contributed by atoms with Gasteiger partial charge in [-0.25, -0.2) is 0 Å². The number of carbonyl (C=O) groups excluding carboxylic acids is 1. The summed E-state index contributed by atoms with van der Waals surface area (Å²) in [5.41, 5.74) is 6.82. The van der Waals surface area contributed by atoms with Crippen molar-refractivity contribution >= 4 is 11.6 Å². The van der Waals surface area contributed by atoms with Crippen molar-refractivity contribution in [3.8, 4) is 5.75 Å². The Bertz CT molecular complexity index is 418. The van der Waals surface area contributed by atoms with Gasteiger partial charge >= 0.3 is 0 Å². The number of anilines is 1. The molecular weight excluding hydrogens is 216 g/mol. The van der Waals surface area contributed by atoms with Crippen molar-refractivity contribution in [3.05, 3.63) is 23.8 Å². The lowest BCUT2D eigenvalue weighted by Gasteiger charge is -2.31. The van der Waals surface area contributed by atoms with Gasteiger partial charge in [0.25, 0.3) is 0 Å². The molecule has 2 N–H and O–H groups in total. The molecule has 4 heteroatoms. The number of fused-ring (bicyclic) bond motifs is 1. The van der Waals surface area contributed by atoms with Gasteiger partial charge in [0.1, 0.15) is 12.4 Å². The number of primary amides is 1. The molecule has 1 aromatic rings. The zero-order chi connectivity index (χ0) is 12.3. The maximum atomic E-state index is 11.2. The average Bonchev–Trinajstić information content (AvgIpc) is 2.35. The van der Waals surface area contributed by atoms with Gasteiger partial charge in [-0.05, 0) is 24.6 Å². The van der Waals surface area contributed by atoms with E-state index in [1.165, 1.54) is 0 Å². The summed E-state index contributed by atoms with van der Waals surface area (Å²) in [4.78, 5) is 13.4. The van der Waals surface area contributed by atoms with E-state index in [0.29, 0.717) is 12.2 Å². The van der Waals surface area contributed by atoms with Crippen LogP contribution in [-0.4, -0.2) is 25.6 Å². The molecule has 92 valence electrons. The van der Waals surface area contributed by atoms with E-state index in [1.54, 1.807) is 6.07 Å². The summed E-state index contributed by atoms with van der Waals surface area (Å²) < 4.78 is 5.57. The zero-order valence-corrected chi connectivity index (χ0v) is 10.1. The van der Waals surface area contributed by atoms with Gasteiger partial charge in [-0.15, -0.1) is 0 Å². The Hall–Kier alpha value is -1.71. The minimum Gasteiger partial charge on any atom is -0.490 e. The average molecular weight is 234 g/mol. The maximum Gasteiger partial charge on any atom is 0.248 e. The van der Waals surface area contributed by atoms with Gasteiger partial charge in [0, 0.05) is 12.1 Å². The molecule has 17 heavy (non-hydrogen) atoms. The SMILES string of the molecule is CCCCN1CCOc2ccc(C(N)=O)cc21. The van der Waals surface area contributed by atoms with Gasteiger partial charge in [-0.1, -0.05) is 13.3 Å². The summed E-state index contributed by atoms with van der Waals surface area (Å²) in [5, 5.41) is 0. The molecule has 1 amide bonds. The van der Waals surface area contributed by atoms with Crippen LogP contribution in [0.3, 0.4) is 0 Å². The predicted octanol–water partition coefficient (Wildman–Crippen LogP) is 1.78. The fraction of sp³-hybridized carbons (Fsp3) is 0.462. The second-order valence-electron chi connectivity index (χ2n) is 4.24. The summed E-state index contributed by atoms with van der Waals surface area (Å²) >= 11 is 0. The molecule has 2 rings (SSSR count). The van der Waals surface area contributed by atoms with Crippen molar-refractivity contribution in [3.63, 3.8) is 0 Å². The third kappa shape index (κ3) is 2.52. The van der Waals surface area contributed by atoms with Crippen molar-refractivity contribution in [2.24, 2.45) is 5.73 Å². The van der Waals surface area contributed by atoms with E-state index in [9.17, 15) is 4.79 Å². The highest BCUT2D eigenvalue weighted by Crippen LogP contribution is 2.32. The van der Waals surface area contributed by atoms with Crippen molar-refractivity contribution < 1.29 is 9.53 Å². The Morgan fingerprint density at radius 3 is 3.06 bits per heavy atom. The molecule has 0 spiro atoms. The molecule has 0 saturated heterocycles. The third-order valence-corrected chi connectivity index (χ3v) is 2.98. The van der Waals surface area contributed by atoms with Crippen molar-refractivity contribution in [1.82, 2.24) is 0 Å². The molecule has 0 saturated carbocycles. The van der Waals surface area contributed by atoms with Gasteiger partial charge < -0.3 is 15.4 Å². The van der Waals surface area contributed by atoms with Gasteiger partial charge in [-0.3, -0.25) is 4.79 Å². The van der Waals surface area contributed by atoms with Gasteiger partial charge in [0.05, 0.1) is 12.2 Å².